The number of nitrogens with zero attached hydrogens (tertiary/aromatic N) is 2. The molecule has 0 aromatic heterocycles. The Morgan fingerprint density at radius 1 is 1.09 bits per heavy atom. The van der Waals surface area contributed by atoms with Crippen molar-refractivity contribution in [3.8, 4) is 0 Å². The molecule has 1 aromatic carbocycles. The van der Waals surface area contributed by atoms with E-state index in [2.05, 4.69) is 10.6 Å². The number of nitrogens with one attached hydrogen (secondary N) is 2. The van der Waals surface area contributed by atoms with E-state index >= 15 is 0 Å². The van der Waals surface area contributed by atoms with Crippen LogP contribution in [-0.2, 0) is 20.9 Å². The molecular weight excluding hydrogens is 432 g/mol. The van der Waals surface area contributed by atoms with Gasteiger partial charge >= 0.3 is 6.09 Å². The van der Waals surface area contributed by atoms with Crippen molar-refractivity contribution in [3.63, 3.8) is 0 Å². The number of rotatable bonds is 7. The first-order valence-electron chi connectivity index (χ1n) is 12.5. The summed E-state index contributed by atoms with van der Waals surface area (Å²) < 4.78 is 5.53. The Balaban J connectivity index is 1.41. The molecule has 8 nitrogen and oxygen atoms in total. The molecule has 184 valence electrons. The second-order valence-electron chi connectivity index (χ2n) is 9.51. The Labute approximate surface area is 201 Å². The van der Waals surface area contributed by atoms with Crippen LogP contribution in [0, 0.1) is 5.92 Å². The fourth-order valence-corrected chi connectivity index (χ4v) is 5.26. The Kier molecular flexibility index (Phi) is 7.88. The lowest BCUT2D eigenvalue weighted by Crippen LogP contribution is -2.56. The van der Waals surface area contributed by atoms with Crippen LogP contribution in [0.3, 0.4) is 0 Å². The molecular formula is C26H36N4O4. The van der Waals surface area contributed by atoms with E-state index in [-0.39, 0.29) is 42.5 Å². The van der Waals surface area contributed by atoms with Gasteiger partial charge in [-0.25, -0.2) is 4.79 Å². The molecule has 3 atom stereocenters. The van der Waals surface area contributed by atoms with Crippen LogP contribution in [0.2, 0.25) is 0 Å². The predicted molar refractivity (Wildman–Crippen MR) is 129 cm³/mol. The number of carbonyl (C=O) groups is 3. The highest BCUT2D eigenvalue weighted by Crippen LogP contribution is 2.34. The third-order valence-corrected chi connectivity index (χ3v) is 7.37. The van der Waals surface area contributed by atoms with Gasteiger partial charge in [0.1, 0.15) is 12.6 Å². The van der Waals surface area contributed by atoms with Crippen molar-refractivity contribution in [3.05, 3.63) is 47.7 Å². The second-order valence-corrected chi connectivity index (χ2v) is 9.51. The normalized spacial score (nSPS) is 22.1. The molecule has 0 radical (unpaired) electrons. The minimum atomic E-state index is -0.532. The lowest BCUT2D eigenvalue weighted by atomic mass is 9.83. The average Bonchev–Trinajstić information content (AvgIpc) is 3.48. The van der Waals surface area contributed by atoms with Gasteiger partial charge in [-0.15, -0.1) is 0 Å². The van der Waals surface area contributed by atoms with Gasteiger partial charge in [0, 0.05) is 18.8 Å². The van der Waals surface area contributed by atoms with Gasteiger partial charge in [-0.05, 0) is 50.8 Å². The van der Waals surface area contributed by atoms with Crippen molar-refractivity contribution in [1.29, 1.82) is 0 Å². The number of likely N-dealkylation sites (tertiary alicyclic amines) is 1. The van der Waals surface area contributed by atoms with Crippen molar-refractivity contribution in [2.45, 2.75) is 70.2 Å². The summed E-state index contributed by atoms with van der Waals surface area (Å²) in [4.78, 5) is 42.7. The van der Waals surface area contributed by atoms with Crippen LogP contribution in [0.1, 0.15) is 51.0 Å². The highest BCUT2D eigenvalue weighted by molar-refractivity contribution is 5.90. The Morgan fingerprint density at radius 3 is 2.53 bits per heavy atom. The van der Waals surface area contributed by atoms with Gasteiger partial charge < -0.3 is 20.3 Å². The summed E-state index contributed by atoms with van der Waals surface area (Å²) in [7, 11) is 1.74. The number of hydrogen-bond acceptors (Lipinski definition) is 5. The molecule has 3 amide bonds. The molecule has 8 heteroatoms. The van der Waals surface area contributed by atoms with Crippen molar-refractivity contribution in [2.75, 3.05) is 20.1 Å². The van der Waals surface area contributed by atoms with Gasteiger partial charge in [0.05, 0.1) is 12.1 Å². The van der Waals surface area contributed by atoms with E-state index in [0.717, 1.165) is 36.9 Å². The number of hydrogen-bond donors (Lipinski definition) is 2. The first kappa shape index (κ1) is 24.3. The monoisotopic (exact) mass is 468 g/mol. The summed E-state index contributed by atoms with van der Waals surface area (Å²) in [5.74, 6) is -0.0534. The molecule has 2 heterocycles. The molecule has 0 spiro atoms. The summed E-state index contributed by atoms with van der Waals surface area (Å²) in [5.41, 5.74) is 1.77. The minimum absolute atomic E-state index is 0.0423. The van der Waals surface area contributed by atoms with E-state index < -0.39 is 6.04 Å². The maximum atomic E-state index is 13.7. The van der Waals surface area contributed by atoms with Crippen LogP contribution in [0.25, 0.3) is 0 Å². The molecule has 4 rings (SSSR count). The van der Waals surface area contributed by atoms with Gasteiger partial charge in [-0.2, -0.15) is 0 Å². The first-order valence-corrected chi connectivity index (χ1v) is 12.5. The Hall–Kier alpha value is -2.87. The van der Waals surface area contributed by atoms with Crippen LogP contribution in [0.4, 0.5) is 4.79 Å². The van der Waals surface area contributed by atoms with E-state index in [9.17, 15) is 14.4 Å². The zero-order valence-electron chi connectivity index (χ0n) is 20.2. The quantitative estimate of drug-likeness (QED) is 0.642. The van der Waals surface area contributed by atoms with E-state index in [1.54, 1.807) is 18.9 Å². The molecule has 1 saturated heterocycles. The molecule has 1 saturated carbocycles. The SMILES string of the molecule is CNC(C)C(=O)NC(C(=O)N1CC=C2C1CCN2C(=O)OCc1ccccc1)C1CCCCC1. The molecule has 34 heavy (non-hydrogen) atoms. The third kappa shape index (κ3) is 5.27. The summed E-state index contributed by atoms with van der Waals surface area (Å²) in [6, 6.07) is 8.54. The lowest BCUT2D eigenvalue weighted by molar-refractivity contribution is -0.139. The lowest BCUT2D eigenvalue weighted by Gasteiger charge is -2.35. The zero-order chi connectivity index (χ0) is 24.1. The number of ether oxygens (including phenoxy) is 1. The minimum Gasteiger partial charge on any atom is -0.444 e. The topological polar surface area (TPSA) is 91.0 Å². The van der Waals surface area contributed by atoms with Gasteiger partial charge in [-0.3, -0.25) is 14.5 Å². The molecule has 2 fully saturated rings. The van der Waals surface area contributed by atoms with Gasteiger partial charge in [-0.1, -0.05) is 49.6 Å². The number of benzene rings is 1. The third-order valence-electron chi connectivity index (χ3n) is 7.37. The molecule has 3 unspecified atom stereocenters. The van der Waals surface area contributed by atoms with Gasteiger partial charge in [0.25, 0.3) is 0 Å². The fourth-order valence-electron chi connectivity index (χ4n) is 5.26. The van der Waals surface area contributed by atoms with E-state index in [1.807, 2.05) is 41.3 Å². The standard InChI is InChI=1S/C26H36N4O4/c1-18(27-2)24(31)28-23(20-11-7-4-8-12-20)25(32)29-15-13-22-21(29)14-16-30(22)26(33)34-17-19-9-5-3-6-10-19/h3,5-6,9-10,13,18,20-21,23,27H,4,7-8,11-12,14-17H2,1-2H3,(H,28,31). The smallest absolute Gasteiger partial charge is 0.414 e. The van der Waals surface area contributed by atoms with Crippen molar-refractivity contribution < 1.29 is 19.1 Å². The van der Waals surface area contributed by atoms with Gasteiger partial charge in [0.2, 0.25) is 11.8 Å². The Morgan fingerprint density at radius 2 is 1.82 bits per heavy atom. The summed E-state index contributed by atoms with van der Waals surface area (Å²) >= 11 is 0. The number of carbonyl (C=O) groups excluding carboxylic acids is 3. The van der Waals surface area contributed by atoms with E-state index in [1.165, 1.54) is 6.42 Å². The zero-order valence-corrected chi connectivity index (χ0v) is 20.2. The largest absolute Gasteiger partial charge is 0.444 e. The number of fused-ring (bicyclic) bond motifs is 1. The maximum Gasteiger partial charge on any atom is 0.414 e. The highest BCUT2D eigenvalue weighted by Gasteiger charge is 2.44. The molecule has 2 aliphatic heterocycles. The maximum absolute atomic E-state index is 13.7. The predicted octanol–water partition coefficient (Wildman–Crippen LogP) is 2.80. The van der Waals surface area contributed by atoms with E-state index in [0.29, 0.717) is 19.5 Å². The number of likely N-dealkylation sites (N-methyl/N-ethyl adjacent to an activating group) is 1. The van der Waals surface area contributed by atoms with Crippen LogP contribution in [-0.4, -0.2) is 66.0 Å². The van der Waals surface area contributed by atoms with Crippen LogP contribution < -0.4 is 10.6 Å². The molecule has 0 bridgehead atoms. The summed E-state index contributed by atoms with van der Waals surface area (Å²) in [6.07, 6.45) is 7.48. The second kappa shape index (κ2) is 11.0. The van der Waals surface area contributed by atoms with Crippen molar-refractivity contribution in [2.24, 2.45) is 5.92 Å². The molecule has 1 aliphatic carbocycles. The van der Waals surface area contributed by atoms with E-state index in [4.69, 9.17) is 4.74 Å². The Bertz CT molecular complexity index is 913. The summed E-state index contributed by atoms with van der Waals surface area (Å²) in [5, 5.41) is 6.00. The van der Waals surface area contributed by atoms with Crippen LogP contribution in [0.5, 0.6) is 0 Å². The molecule has 1 aromatic rings. The molecule has 2 N–H and O–H groups in total. The first-order chi connectivity index (χ1) is 16.5. The van der Waals surface area contributed by atoms with Crippen molar-refractivity contribution in [1.82, 2.24) is 20.4 Å². The van der Waals surface area contributed by atoms with Gasteiger partial charge in [0.15, 0.2) is 0 Å². The van der Waals surface area contributed by atoms with Crippen LogP contribution >= 0.6 is 0 Å². The number of amides is 3. The van der Waals surface area contributed by atoms with Crippen molar-refractivity contribution >= 4 is 17.9 Å². The molecule has 3 aliphatic rings. The average molecular weight is 469 g/mol. The summed E-state index contributed by atoms with van der Waals surface area (Å²) in [6.45, 7) is 2.98. The highest BCUT2D eigenvalue weighted by atomic mass is 16.6. The van der Waals surface area contributed by atoms with Crippen LogP contribution in [0.15, 0.2) is 42.1 Å². The fraction of sp³-hybridized carbons (Fsp3) is 0.577.